The second-order valence-electron chi connectivity index (χ2n) is 5.96. The van der Waals surface area contributed by atoms with Crippen LogP contribution in [0.3, 0.4) is 0 Å². The highest BCUT2D eigenvalue weighted by molar-refractivity contribution is 7.88. The maximum atomic E-state index is 11.9. The minimum atomic E-state index is -3.80. The van der Waals surface area contributed by atoms with Gasteiger partial charge in [0.05, 0.1) is 13.7 Å². The van der Waals surface area contributed by atoms with Gasteiger partial charge in [0, 0.05) is 26.6 Å². The van der Waals surface area contributed by atoms with Crippen molar-refractivity contribution in [2.75, 3.05) is 41.4 Å². The highest BCUT2D eigenvalue weighted by Crippen LogP contribution is 2.14. The van der Waals surface area contributed by atoms with Crippen molar-refractivity contribution in [2.45, 2.75) is 13.0 Å². The van der Waals surface area contributed by atoms with Crippen LogP contribution in [0.25, 0.3) is 0 Å². The summed E-state index contributed by atoms with van der Waals surface area (Å²) in [6.07, 6.45) is 0.635. The number of hydrogen-bond donors (Lipinski definition) is 1. The minimum absolute atomic E-state index is 0.101. The van der Waals surface area contributed by atoms with E-state index in [1.54, 1.807) is 0 Å². The fourth-order valence-electron chi connectivity index (χ4n) is 2.24. The van der Waals surface area contributed by atoms with Gasteiger partial charge >= 0.3 is 16.2 Å². The molecule has 0 bridgehead atoms. The molecular formula is C16H25N5O4S. The lowest BCUT2D eigenvalue weighted by atomic mass is 10.2. The van der Waals surface area contributed by atoms with Crippen LogP contribution in [-0.2, 0) is 21.5 Å². The Bertz CT molecular complexity index is 777. The molecule has 0 aliphatic carbocycles. The first-order valence-corrected chi connectivity index (χ1v) is 9.52. The van der Waals surface area contributed by atoms with Crippen LogP contribution in [0.15, 0.2) is 33.7 Å². The predicted octanol–water partition coefficient (Wildman–Crippen LogP) is 0.655. The van der Waals surface area contributed by atoms with Crippen molar-refractivity contribution < 1.29 is 17.9 Å². The largest absolute Gasteiger partial charge is 0.494 e. The molecule has 0 atom stereocenters. The molecule has 0 spiro atoms. The molecule has 26 heavy (non-hydrogen) atoms. The molecule has 2 rings (SSSR count). The van der Waals surface area contributed by atoms with Gasteiger partial charge in [-0.25, -0.2) is 4.31 Å². The molecule has 9 nitrogen and oxygen atoms in total. The molecule has 1 aromatic carbocycles. The van der Waals surface area contributed by atoms with Crippen LogP contribution in [0.5, 0.6) is 5.75 Å². The number of ether oxygens (including phenoxy) is 2. The quantitative estimate of drug-likeness (QED) is 0.695. The van der Waals surface area contributed by atoms with Crippen LogP contribution < -0.4 is 10.1 Å². The Morgan fingerprint density at radius 3 is 2.81 bits per heavy atom. The molecule has 0 aromatic heterocycles. The minimum Gasteiger partial charge on any atom is -0.494 e. The van der Waals surface area contributed by atoms with E-state index in [4.69, 9.17) is 9.47 Å². The number of rotatable bonds is 7. The predicted molar refractivity (Wildman–Crippen MR) is 101 cm³/mol. The standard InChI is InChI=1S/C16H25N5O4S/c1-20(2)12-13-7-5-8-14(11-13)25-10-6-9-17-15-18-16(24-4)19-26(22,23)21(15)3/h5,7-8,11H,6,9-10,12H2,1-4H3,(H,17,18,19). The normalized spacial score (nSPS) is 17.8. The average molecular weight is 383 g/mol. The summed E-state index contributed by atoms with van der Waals surface area (Å²) in [5.74, 6) is 0.978. The van der Waals surface area contributed by atoms with Crippen LogP contribution in [0.2, 0.25) is 0 Å². The van der Waals surface area contributed by atoms with E-state index in [0.717, 1.165) is 16.6 Å². The van der Waals surface area contributed by atoms with Gasteiger partial charge in [-0.1, -0.05) is 16.5 Å². The van der Waals surface area contributed by atoms with Gasteiger partial charge < -0.3 is 14.4 Å². The lowest BCUT2D eigenvalue weighted by Crippen LogP contribution is -2.49. The lowest BCUT2D eigenvalue weighted by molar-refractivity contribution is 0.312. The zero-order valence-corrected chi connectivity index (χ0v) is 16.3. The van der Waals surface area contributed by atoms with E-state index in [1.165, 1.54) is 19.7 Å². The van der Waals surface area contributed by atoms with Crippen molar-refractivity contribution in [3.63, 3.8) is 0 Å². The van der Waals surface area contributed by atoms with E-state index in [-0.39, 0.29) is 12.0 Å². The van der Waals surface area contributed by atoms with Crippen molar-refractivity contribution in [3.05, 3.63) is 29.8 Å². The monoisotopic (exact) mass is 383 g/mol. The summed E-state index contributed by atoms with van der Waals surface area (Å²) in [6, 6.07) is 7.84. The van der Waals surface area contributed by atoms with Crippen molar-refractivity contribution in [1.29, 1.82) is 0 Å². The van der Waals surface area contributed by atoms with E-state index in [2.05, 4.69) is 25.7 Å². The fourth-order valence-corrected chi connectivity index (χ4v) is 3.01. The first-order valence-electron chi connectivity index (χ1n) is 8.12. The summed E-state index contributed by atoms with van der Waals surface area (Å²) in [6.45, 7) is 1.72. The number of hydrogen-bond acceptors (Lipinski definition) is 6. The van der Waals surface area contributed by atoms with Crippen LogP contribution in [-0.4, -0.2) is 71.0 Å². The molecule has 0 saturated carbocycles. The van der Waals surface area contributed by atoms with E-state index < -0.39 is 10.2 Å². The summed E-state index contributed by atoms with van der Waals surface area (Å²) in [7, 11) is 2.94. The smallest absolute Gasteiger partial charge is 0.351 e. The van der Waals surface area contributed by atoms with Gasteiger partial charge in [-0.05, 0) is 31.8 Å². The van der Waals surface area contributed by atoms with E-state index in [0.29, 0.717) is 19.6 Å². The number of amidine groups is 1. The van der Waals surface area contributed by atoms with Gasteiger partial charge in [-0.2, -0.15) is 8.42 Å². The molecule has 1 N–H and O–H groups in total. The summed E-state index contributed by atoms with van der Waals surface area (Å²) < 4.78 is 38.7. The van der Waals surface area contributed by atoms with Crippen molar-refractivity contribution in [2.24, 2.45) is 9.39 Å². The zero-order chi connectivity index (χ0) is 19.2. The van der Waals surface area contributed by atoms with E-state index >= 15 is 0 Å². The van der Waals surface area contributed by atoms with Gasteiger partial charge in [0.15, 0.2) is 0 Å². The molecule has 0 amide bonds. The number of guanidine groups is 1. The van der Waals surface area contributed by atoms with E-state index in [1.807, 2.05) is 32.3 Å². The topological polar surface area (TPSA) is 95.8 Å². The van der Waals surface area contributed by atoms with Crippen molar-refractivity contribution in [3.8, 4) is 5.75 Å². The summed E-state index contributed by atoms with van der Waals surface area (Å²) in [5, 5.41) is 2.72. The first kappa shape index (κ1) is 20.0. The Morgan fingerprint density at radius 1 is 1.35 bits per heavy atom. The molecule has 10 heteroatoms. The van der Waals surface area contributed by atoms with Gasteiger partial charge in [0.2, 0.25) is 5.96 Å². The molecule has 1 aliphatic rings. The first-order chi connectivity index (χ1) is 12.3. The van der Waals surface area contributed by atoms with E-state index in [9.17, 15) is 8.42 Å². The maximum absolute atomic E-state index is 11.9. The van der Waals surface area contributed by atoms with Gasteiger partial charge in [0.25, 0.3) is 0 Å². The summed E-state index contributed by atoms with van der Waals surface area (Å²) in [4.78, 5) is 6.34. The highest BCUT2D eigenvalue weighted by Gasteiger charge is 2.28. The molecule has 0 fully saturated rings. The fraction of sp³-hybridized carbons (Fsp3) is 0.500. The van der Waals surface area contributed by atoms with Crippen molar-refractivity contribution in [1.82, 2.24) is 14.5 Å². The highest BCUT2D eigenvalue weighted by atomic mass is 32.2. The number of aliphatic imine (C=N–C) groups is 1. The second-order valence-corrected chi connectivity index (χ2v) is 7.59. The Morgan fingerprint density at radius 2 is 2.12 bits per heavy atom. The third kappa shape index (κ3) is 5.60. The Hall–Kier alpha value is -2.33. The number of methoxy groups -OCH3 is 1. The summed E-state index contributed by atoms with van der Waals surface area (Å²) >= 11 is 0. The number of nitrogens with one attached hydrogen (secondary N) is 1. The molecule has 1 aliphatic heterocycles. The van der Waals surface area contributed by atoms with Gasteiger partial charge in [-0.15, -0.1) is 0 Å². The molecule has 144 valence electrons. The molecule has 0 radical (unpaired) electrons. The second kappa shape index (κ2) is 8.86. The molecular weight excluding hydrogens is 358 g/mol. The van der Waals surface area contributed by atoms with Crippen molar-refractivity contribution >= 4 is 22.2 Å². The third-order valence-corrected chi connectivity index (χ3v) is 4.75. The third-order valence-electron chi connectivity index (χ3n) is 3.48. The maximum Gasteiger partial charge on any atom is 0.351 e. The molecule has 0 saturated heterocycles. The van der Waals surface area contributed by atoms with Crippen LogP contribution in [0.4, 0.5) is 0 Å². The van der Waals surface area contributed by atoms with Gasteiger partial charge in [-0.3, -0.25) is 10.3 Å². The number of benzene rings is 1. The molecule has 0 unspecified atom stereocenters. The SMILES string of the molecule is COC1=NS(=O)(=O)N(C)C(=NCCCOc2cccc(CN(C)C)c2)N1. The average Bonchev–Trinajstić information content (AvgIpc) is 2.57. The zero-order valence-electron chi connectivity index (χ0n) is 15.5. The molecule has 1 aromatic rings. The number of nitrogens with zero attached hydrogens (tertiary/aromatic N) is 4. The summed E-state index contributed by atoms with van der Waals surface area (Å²) in [5.41, 5.74) is 1.18. The lowest BCUT2D eigenvalue weighted by Gasteiger charge is -2.24. The Labute approximate surface area is 154 Å². The van der Waals surface area contributed by atoms with Gasteiger partial charge in [0.1, 0.15) is 5.75 Å². The van der Waals surface area contributed by atoms with Crippen LogP contribution >= 0.6 is 0 Å². The molecule has 1 heterocycles. The van der Waals surface area contributed by atoms with Crippen LogP contribution in [0, 0.1) is 0 Å². The Kier molecular flexibility index (Phi) is 6.81. The Balaban J connectivity index is 1.85. The van der Waals surface area contributed by atoms with Crippen LogP contribution in [0.1, 0.15) is 12.0 Å².